The van der Waals surface area contributed by atoms with E-state index in [-0.39, 0.29) is 5.73 Å². The molecule has 1 heterocycles. The Bertz CT molecular complexity index is 808. The van der Waals surface area contributed by atoms with E-state index in [0.29, 0.717) is 18.6 Å². The summed E-state index contributed by atoms with van der Waals surface area (Å²) < 4.78 is 32.6. The number of benzene rings is 2. The molecule has 0 saturated carbocycles. The van der Waals surface area contributed by atoms with Crippen LogP contribution in [0.1, 0.15) is 39.7 Å². The van der Waals surface area contributed by atoms with E-state index in [2.05, 4.69) is 0 Å². The zero-order chi connectivity index (χ0) is 18.9. The second-order valence-electron chi connectivity index (χ2n) is 7.68. The van der Waals surface area contributed by atoms with Gasteiger partial charge >= 0.3 is 7.12 Å². The number of fused-ring (bicyclic) bond motifs is 1. The van der Waals surface area contributed by atoms with Crippen LogP contribution in [0.2, 0.25) is 0 Å². The van der Waals surface area contributed by atoms with E-state index in [1.807, 2.05) is 70.2 Å². The maximum atomic E-state index is 15.6. The first-order valence-electron chi connectivity index (χ1n) is 8.98. The van der Waals surface area contributed by atoms with Gasteiger partial charge in [0.25, 0.3) is 0 Å². The van der Waals surface area contributed by atoms with E-state index in [0.717, 1.165) is 16.3 Å². The Balaban J connectivity index is 2.09. The van der Waals surface area contributed by atoms with Crippen molar-refractivity contribution in [3.63, 3.8) is 0 Å². The van der Waals surface area contributed by atoms with Crippen LogP contribution in [0.3, 0.4) is 0 Å². The highest BCUT2D eigenvalue weighted by molar-refractivity contribution is 6.55. The molecular formula is C21H26BFO3. The standard InChI is InChI=1S/C21H26BFO3/c1-20(2)21(3,4)26-22(25-20)19(23)18(13-14-24-5)17-12-8-10-15-9-6-7-11-16(15)17/h6-12H,13-14H2,1-5H3. The highest BCUT2D eigenvalue weighted by Crippen LogP contribution is 2.41. The lowest BCUT2D eigenvalue weighted by Crippen LogP contribution is -2.41. The van der Waals surface area contributed by atoms with Gasteiger partial charge in [-0.25, -0.2) is 4.39 Å². The number of hydrogen-bond acceptors (Lipinski definition) is 3. The molecule has 0 spiro atoms. The average Bonchev–Trinajstić information content (AvgIpc) is 2.83. The summed E-state index contributed by atoms with van der Waals surface area (Å²) in [6, 6.07) is 13.9. The topological polar surface area (TPSA) is 27.7 Å². The Morgan fingerprint density at radius 2 is 1.62 bits per heavy atom. The number of methoxy groups -OCH3 is 1. The maximum absolute atomic E-state index is 15.6. The van der Waals surface area contributed by atoms with Crippen LogP contribution in [0, 0.1) is 0 Å². The minimum absolute atomic E-state index is 0.378. The van der Waals surface area contributed by atoms with Gasteiger partial charge in [-0.1, -0.05) is 42.5 Å². The Hall–Kier alpha value is -1.69. The number of halogens is 1. The second-order valence-corrected chi connectivity index (χ2v) is 7.68. The predicted molar refractivity (Wildman–Crippen MR) is 105 cm³/mol. The van der Waals surface area contributed by atoms with Crippen molar-refractivity contribution in [1.82, 2.24) is 0 Å². The molecule has 3 rings (SSSR count). The zero-order valence-electron chi connectivity index (χ0n) is 16.1. The third kappa shape index (κ3) is 3.44. The van der Waals surface area contributed by atoms with Crippen molar-refractivity contribution in [1.29, 1.82) is 0 Å². The van der Waals surface area contributed by atoms with Crippen LogP contribution < -0.4 is 0 Å². The largest absolute Gasteiger partial charge is 0.525 e. The maximum Gasteiger partial charge on any atom is 0.525 e. The molecule has 1 aliphatic heterocycles. The molecule has 0 unspecified atom stereocenters. The van der Waals surface area contributed by atoms with E-state index in [1.165, 1.54) is 0 Å². The second kappa shape index (κ2) is 7.14. The molecule has 0 atom stereocenters. The van der Waals surface area contributed by atoms with E-state index in [4.69, 9.17) is 14.0 Å². The molecule has 0 radical (unpaired) electrons. The van der Waals surface area contributed by atoms with E-state index < -0.39 is 18.3 Å². The van der Waals surface area contributed by atoms with Crippen molar-refractivity contribution in [3.8, 4) is 0 Å². The third-order valence-electron chi connectivity index (χ3n) is 5.42. The Labute approximate surface area is 155 Å². The fraction of sp³-hybridized carbons (Fsp3) is 0.429. The Morgan fingerprint density at radius 3 is 2.27 bits per heavy atom. The monoisotopic (exact) mass is 356 g/mol. The highest BCUT2D eigenvalue weighted by atomic mass is 19.1. The lowest BCUT2D eigenvalue weighted by molar-refractivity contribution is 0.00578. The van der Waals surface area contributed by atoms with Gasteiger partial charge in [0.2, 0.25) is 0 Å². The normalized spacial score (nSPS) is 19.7. The number of hydrogen-bond donors (Lipinski definition) is 0. The molecule has 2 aromatic carbocycles. The number of rotatable bonds is 5. The van der Waals surface area contributed by atoms with E-state index >= 15 is 4.39 Å². The van der Waals surface area contributed by atoms with Gasteiger partial charge in [0.05, 0.1) is 17.8 Å². The SMILES string of the molecule is COCCC(=C(F)B1OC(C)(C)C(C)(C)O1)c1cccc2ccccc12. The molecular weight excluding hydrogens is 330 g/mol. The van der Waals surface area contributed by atoms with Crippen molar-refractivity contribution < 1.29 is 18.4 Å². The molecule has 26 heavy (non-hydrogen) atoms. The third-order valence-corrected chi connectivity index (χ3v) is 5.42. The van der Waals surface area contributed by atoms with Crippen LogP contribution in [0.15, 0.2) is 48.2 Å². The van der Waals surface area contributed by atoms with Crippen molar-refractivity contribution in [3.05, 3.63) is 53.8 Å². The van der Waals surface area contributed by atoms with Crippen LogP contribution in [0.25, 0.3) is 16.3 Å². The molecule has 3 nitrogen and oxygen atoms in total. The summed E-state index contributed by atoms with van der Waals surface area (Å²) in [6.07, 6.45) is 0.445. The van der Waals surface area contributed by atoms with Gasteiger partial charge in [0.1, 0.15) is 5.73 Å². The van der Waals surface area contributed by atoms with E-state index in [1.54, 1.807) is 7.11 Å². The smallest absolute Gasteiger partial charge is 0.398 e. The van der Waals surface area contributed by atoms with Crippen LogP contribution in [-0.4, -0.2) is 32.0 Å². The minimum Gasteiger partial charge on any atom is -0.398 e. The molecule has 0 aromatic heterocycles. The molecule has 138 valence electrons. The van der Waals surface area contributed by atoms with E-state index in [9.17, 15) is 0 Å². The molecule has 0 aliphatic carbocycles. The summed E-state index contributed by atoms with van der Waals surface area (Å²) in [5, 5.41) is 2.08. The van der Waals surface area contributed by atoms with Crippen LogP contribution in [-0.2, 0) is 14.0 Å². The Morgan fingerprint density at radius 1 is 1.00 bits per heavy atom. The van der Waals surface area contributed by atoms with Crippen molar-refractivity contribution in [2.24, 2.45) is 0 Å². The molecule has 1 saturated heterocycles. The summed E-state index contributed by atoms with van der Waals surface area (Å²) in [4.78, 5) is 0. The molecule has 2 aromatic rings. The van der Waals surface area contributed by atoms with Crippen molar-refractivity contribution in [2.75, 3.05) is 13.7 Å². The first-order chi connectivity index (χ1) is 12.3. The van der Waals surface area contributed by atoms with Gasteiger partial charge in [-0.15, -0.1) is 0 Å². The van der Waals surface area contributed by atoms with Gasteiger partial charge in [0, 0.05) is 7.11 Å². The first kappa shape index (κ1) is 19.1. The van der Waals surface area contributed by atoms with Gasteiger partial charge in [-0.2, -0.15) is 0 Å². The molecule has 5 heteroatoms. The zero-order valence-corrected chi connectivity index (χ0v) is 16.1. The number of ether oxygens (including phenoxy) is 1. The summed E-state index contributed by atoms with van der Waals surface area (Å²) >= 11 is 0. The Kier molecular flexibility index (Phi) is 5.24. The summed E-state index contributed by atoms with van der Waals surface area (Å²) in [5.74, 6) is 0. The lowest BCUT2D eigenvalue weighted by atomic mass is 9.81. The van der Waals surface area contributed by atoms with Gasteiger partial charge < -0.3 is 14.0 Å². The molecule has 0 amide bonds. The fourth-order valence-corrected chi connectivity index (χ4v) is 3.16. The lowest BCUT2D eigenvalue weighted by Gasteiger charge is -2.32. The molecule has 1 fully saturated rings. The summed E-state index contributed by atoms with van der Waals surface area (Å²) in [6.45, 7) is 8.12. The fourth-order valence-electron chi connectivity index (χ4n) is 3.16. The van der Waals surface area contributed by atoms with Gasteiger partial charge in [0.15, 0.2) is 0 Å². The van der Waals surface area contributed by atoms with Crippen molar-refractivity contribution in [2.45, 2.75) is 45.3 Å². The van der Waals surface area contributed by atoms with Gasteiger partial charge in [-0.05, 0) is 56.0 Å². The summed E-state index contributed by atoms with van der Waals surface area (Å²) in [5.41, 5.74) is -0.119. The first-order valence-corrected chi connectivity index (χ1v) is 8.98. The summed E-state index contributed by atoms with van der Waals surface area (Å²) in [7, 11) is 0.610. The predicted octanol–water partition coefficient (Wildman–Crippen LogP) is 5.19. The highest BCUT2D eigenvalue weighted by Gasteiger charge is 2.53. The molecule has 1 aliphatic rings. The van der Waals surface area contributed by atoms with Crippen LogP contribution in [0.4, 0.5) is 4.39 Å². The van der Waals surface area contributed by atoms with Crippen LogP contribution >= 0.6 is 0 Å². The minimum atomic E-state index is -1.01. The quantitative estimate of drug-likeness (QED) is 0.690. The molecule has 0 N–H and O–H groups in total. The van der Waals surface area contributed by atoms with Gasteiger partial charge in [-0.3, -0.25) is 0 Å². The van der Waals surface area contributed by atoms with Crippen LogP contribution in [0.5, 0.6) is 0 Å². The molecule has 0 bridgehead atoms. The average molecular weight is 356 g/mol. The van der Waals surface area contributed by atoms with Crippen molar-refractivity contribution >= 4 is 23.5 Å².